The van der Waals surface area contributed by atoms with E-state index in [9.17, 15) is 9.90 Å². The standard InChI is InChI=1S/C27H18Br2O3/c1-32-26(30)22-14-16(28)10-12-18(22)21-13-11-17(29)15-25(21)27(31)23-8-4-2-6-19(23)20-7-3-5-9-24(20)27/h2-15,31H,1H3. The highest BCUT2D eigenvalue weighted by Crippen LogP contribution is 2.53. The molecule has 4 aromatic carbocycles. The normalized spacial score (nSPS) is 13.4. The van der Waals surface area contributed by atoms with Crippen LogP contribution in [0, 0.1) is 0 Å². The minimum Gasteiger partial charge on any atom is -0.465 e. The molecular weight excluding hydrogens is 532 g/mol. The van der Waals surface area contributed by atoms with Gasteiger partial charge in [-0.2, -0.15) is 0 Å². The highest BCUT2D eigenvalue weighted by molar-refractivity contribution is 9.10. The van der Waals surface area contributed by atoms with Crippen LogP contribution in [0.4, 0.5) is 0 Å². The lowest BCUT2D eigenvalue weighted by Gasteiger charge is -2.29. The van der Waals surface area contributed by atoms with Crippen LogP contribution in [0.3, 0.4) is 0 Å². The number of methoxy groups -OCH3 is 1. The Labute approximate surface area is 202 Å². The largest absolute Gasteiger partial charge is 0.465 e. The monoisotopic (exact) mass is 548 g/mol. The summed E-state index contributed by atoms with van der Waals surface area (Å²) in [6, 6.07) is 27.1. The van der Waals surface area contributed by atoms with Gasteiger partial charge in [0.25, 0.3) is 0 Å². The van der Waals surface area contributed by atoms with E-state index in [4.69, 9.17) is 4.74 Å². The molecule has 32 heavy (non-hydrogen) atoms. The Bertz CT molecular complexity index is 1330. The Morgan fingerprint density at radius 1 is 0.719 bits per heavy atom. The summed E-state index contributed by atoms with van der Waals surface area (Å²) in [4.78, 5) is 12.6. The number of carbonyl (C=O) groups excluding carboxylic acids is 1. The van der Waals surface area contributed by atoms with Crippen molar-refractivity contribution in [1.82, 2.24) is 0 Å². The van der Waals surface area contributed by atoms with E-state index in [1.165, 1.54) is 7.11 Å². The van der Waals surface area contributed by atoms with Crippen LogP contribution in [-0.2, 0) is 10.3 Å². The molecule has 0 spiro atoms. The third kappa shape index (κ3) is 3.15. The number of ether oxygens (including phenoxy) is 1. The van der Waals surface area contributed by atoms with Gasteiger partial charge in [-0.15, -0.1) is 0 Å². The summed E-state index contributed by atoms with van der Waals surface area (Å²) in [5, 5.41) is 12.4. The second-order valence-corrected chi connectivity index (χ2v) is 9.50. The highest BCUT2D eigenvalue weighted by atomic mass is 79.9. The maximum atomic E-state index is 12.6. The van der Waals surface area contributed by atoms with Crippen LogP contribution in [0.15, 0.2) is 93.9 Å². The molecule has 0 atom stereocenters. The van der Waals surface area contributed by atoms with Crippen molar-refractivity contribution in [3.63, 3.8) is 0 Å². The molecular formula is C27H18Br2O3. The molecule has 0 aromatic heterocycles. The van der Waals surface area contributed by atoms with Gasteiger partial charge in [0.2, 0.25) is 0 Å². The van der Waals surface area contributed by atoms with Crippen LogP contribution < -0.4 is 0 Å². The number of fused-ring (bicyclic) bond motifs is 3. The number of halogens is 2. The molecule has 0 radical (unpaired) electrons. The lowest BCUT2D eigenvalue weighted by atomic mass is 9.79. The van der Waals surface area contributed by atoms with Crippen molar-refractivity contribution in [3.05, 3.63) is 116 Å². The second kappa shape index (κ2) is 8.00. The molecule has 0 saturated heterocycles. The number of esters is 1. The molecule has 0 fully saturated rings. The molecule has 0 aliphatic heterocycles. The molecule has 0 unspecified atom stereocenters. The third-order valence-corrected chi connectivity index (χ3v) is 6.96. The van der Waals surface area contributed by atoms with Gasteiger partial charge < -0.3 is 9.84 Å². The van der Waals surface area contributed by atoms with Gasteiger partial charge in [0.05, 0.1) is 12.7 Å². The maximum Gasteiger partial charge on any atom is 0.338 e. The van der Waals surface area contributed by atoms with Gasteiger partial charge in [-0.3, -0.25) is 0 Å². The predicted octanol–water partition coefficient (Wildman–Crippen LogP) is 6.93. The summed E-state index contributed by atoms with van der Waals surface area (Å²) >= 11 is 7.03. The molecule has 1 aliphatic rings. The smallest absolute Gasteiger partial charge is 0.338 e. The topological polar surface area (TPSA) is 46.5 Å². The third-order valence-electron chi connectivity index (χ3n) is 5.97. The van der Waals surface area contributed by atoms with Crippen LogP contribution in [0.1, 0.15) is 27.0 Å². The van der Waals surface area contributed by atoms with Crippen molar-refractivity contribution in [2.45, 2.75) is 5.60 Å². The Balaban J connectivity index is 1.85. The van der Waals surface area contributed by atoms with Crippen molar-refractivity contribution in [2.75, 3.05) is 7.11 Å². The lowest BCUT2D eigenvalue weighted by molar-refractivity contribution is 0.0601. The first-order valence-corrected chi connectivity index (χ1v) is 11.6. The van der Waals surface area contributed by atoms with Crippen LogP contribution >= 0.6 is 31.9 Å². The molecule has 5 heteroatoms. The second-order valence-electron chi connectivity index (χ2n) is 7.67. The summed E-state index contributed by atoms with van der Waals surface area (Å²) in [7, 11) is 1.37. The predicted molar refractivity (Wildman–Crippen MR) is 133 cm³/mol. The summed E-state index contributed by atoms with van der Waals surface area (Å²) in [6.07, 6.45) is 0. The fourth-order valence-electron chi connectivity index (χ4n) is 4.58. The van der Waals surface area contributed by atoms with E-state index < -0.39 is 11.6 Å². The minimum atomic E-state index is -1.38. The van der Waals surface area contributed by atoms with Crippen LogP contribution in [0.25, 0.3) is 22.3 Å². The Morgan fingerprint density at radius 2 is 1.22 bits per heavy atom. The zero-order valence-corrected chi connectivity index (χ0v) is 20.3. The fourth-order valence-corrected chi connectivity index (χ4v) is 5.31. The summed E-state index contributed by atoms with van der Waals surface area (Å²) in [6.45, 7) is 0. The number of benzene rings is 4. The quantitative estimate of drug-likeness (QED) is 0.282. The van der Waals surface area contributed by atoms with E-state index in [0.717, 1.165) is 36.8 Å². The first-order valence-electron chi connectivity index (χ1n) is 10.0. The van der Waals surface area contributed by atoms with Gasteiger partial charge in [0.15, 0.2) is 0 Å². The molecule has 1 aliphatic carbocycles. The zero-order chi connectivity index (χ0) is 22.5. The summed E-state index contributed by atoms with van der Waals surface area (Å²) in [5.74, 6) is -0.436. The molecule has 5 rings (SSSR count). The zero-order valence-electron chi connectivity index (χ0n) is 17.1. The molecule has 4 aromatic rings. The lowest BCUT2D eigenvalue weighted by Crippen LogP contribution is -2.27. The molecule has 3 nitrogen and oxygen atoms in total. The Morgan fingerprint density at radius 3 is 1.81 bits per heavy atom. The first-order chi connectivity index (χ1) is 15.4. The first kappa shape index (κ1) is 21.1. The number of rotatable bonds is 3. The average Bonchev–Trinajstić information content (AvgIpc) is 3.08. The van der Waals surface area contributed by atoms with Crippen molar-refractivity contribution < 1.29 is 14.6 Å². The number of carbonyl (C=O) groups is 1. The van der Waals surface area contributed by atoms with Gasteiger partial charge in [-0.05, 0) is 46.5 Å². The fraction of sp³-hybridized carbons (Fsp3) is 0.0741. The van der Waals surface area contributed by atoms with Crippen LogP contribution in [0.2, 0.25) is 0 Å². The molecule has 0 amide bonds. The van der Waals surface area contributed by atoms with E-state index in [1.54, 1.807) is 6.07 Å². The minimum absolute atomic E-state index is 0.425. The van der Waals surface area contributed by atoms with Gasteiger partial charge in [0, 0.05) is 25.6 Å². The number of hydrogen-bond donors (Lipinski definition) is 1. The van der Waals surface area contributed by atoms with Crippen LogP contribution in [0.5, 0.6) is 0 Å². The van der Waals surface area contributed by atoms with E-state index >= 15 is 0 Å². The van der Waals surface area contributed by atoms with E-state index in [0.29, 0.717) is 16.7 Å². The van der Waals surface area contributed by atoms with Gasteiger partial charge in [-0.1, -0.05) is 92.5 Å². The summed E-state index contributed by atoms with van der Waals surface area (Å²) in [5.41, 5.74) is 4.82. The Hall–Kier alpha value is -2.73. The molecule has 0 saturated carbocycles. The SMILES string of the molecule is COC(=O)c1cc(Br)ccc1-c1ccc(Br)cc1C1(O)c2ccccc2-c2ccccc21. The molecule has 158 valence electrons. The number of hydrogen-bond acceptors (Lipinski definition) is 3. The van der Waals surface area contributed by atoms with Gasteiger partial charge in [-0.25, -0.2) is 4.79 Å². The van der Waals surface area contributed by atoms with Gasteiger partial charge in [0.1, 0.15) is 5.60 Å². The van der Waals surface area contributed by atoms with E-state index in [2.05, 4.69) is 31.9 Å². The Kier molecular flexibility index (Phi) is 5.28. The highest BCUT2D eigenvalue weighted by Gasteiger charge is 2.44. The number of aliphatic hydroxyl groups is 1. The van der Waals surface area contributed by atoms with Crippen LogP contribution in [-0.4, -0.2) is 18.2 Å². The van der Waals surface area contributed by atoms with Gasteiger partial charge >= 0.3 is 5.97 Å². The molecule has 1 N–H and O–H groups in total. The molecule has 0 bridgehead atoms. The molecule has 0 heterocycles. The average molecular weight is 550 g/mol. The van der Waals surface area contributed by atoms with E-state index in [-0.39, 0.29) is 0 Å². The van der Waals surface area contributed by atoms with Crippen molar-refractivity contribution in [3.8, 4) is 22.3 Å². The van der Waals surface area contributed by atoms with Crippen molar-refractivity contribution >= 4 is 37.8 Å². The van der Waals surface area contributed by atoms with Crippen molar-refractivity contribution in [2.24, 2.45) is 0 Å². The maximum absolute atomic E-state index is 12.6. The van der Waals surface area contributed by atoms with Crippen molar-refractivity contribution in [1.29, 1.82) is 0 Å². The summed E-state index contributed by atoms with van der Waals surface area (Å²) < 4.78 is 6.66. The van der Waals surface area contributed by atoms with E-state index in [1.807, 2.05) is 78.9 Å².